The maximum Gasteiger partial charge on any atom is 0.230 e. The normalized spacial score (nSPS) is 12.5. The Bertz CT molecular complexity index is 312. The molecule has 0 bridgehead atoms. The molecule has 1 aromatic rings. The van der Waals surface area contributed by atoms with E-state index in [1.165, 1.54) is 11.5 Å². The van der Waals surface area contributed by atoms with E-state index in [4.69, 9.17) is 4.74 Å². The topological polar surface area (TPSA) is 51.2 Å². The smallest absolute Gasteiger partial charge is 0.230 e. The number of aryl methyl sites for hydroxylation is 1. The molecule has 0 radical (unpaired) electrons. The number of carbonyl (C=O) groups excluding carboxylic acids is 1. The van der Waals surface area contributed by atoms with Gasteiger partial charge in [-0.3, -0.25) is 4.79 Å². The first-order valence-corrected chi connectivity index (χ1v) is 5.14. The van der Waals surface area contributed by atoms with Crippen molar-refractivity contribution >= 4 is 22.4 Å². The summed E-state index contributed by atoms with van der Waals surface area (Å²) in [4.78, 5) is 11.5. The zero-order chi connectivity index (χ0) is 10.6. The van der Waals surface area contributed by atoms with Crippen molar-refractivity contribution in [2.24, 2.45) is 5.92 Å². The Labute approximate surface area is 87.4 Å². The molecule has 0 spiro atoms. The van der Waals surface area contributed by atoms with Gasteiger partial charge in [-0.1, -0.05) is 6.92 Å². The van der Waals surface area contributed by atoms with Crippen molar-refractivity contribution in [2.45, 2.75) is 13.8 Å². The summed E-state index contributed by atoms with van der Waals surface area (Å²) in [7, 11) is 1.58. The van der Waals surface area contributed by atoms with Crippen LogP contribution in [0.4, 0.5) is 5.00 Å². The summed E-state index contributed by atoms with van der Waals surface area (Å²) in [5.41, 5.74) is 0.921. The molecule has 4 nitrogen and oxygen atoms in total. The van der Waals surface area contributed by atoms with Crippen LogP contribution in [-0.2, 0) is 9.53 Å². The summed E-state index contributed by atoms with van der Waals surface area (Å²) in [5.74, 6) is -0.169. The summed E-state index contributed by atoms with van der Waals surface area (Å²) < 4.78 is 8.97. The first kappa shape index (κ1) is 11.1. The van der Waals surface area contributed by atoms with Gasteiger partial charge in [0, 0.05) is 7.11 Å². The third kappa shape index (κ3) is 3.08. The quantitative estimate of drug-likeness (QED) is 0.829. The minimum atomic E-state index is -0.137. The molecule has 1 rings (SSSR count). The number of aromatic nitrogens is 1. The Hall–Kier alpha value is -0.940. The summed E-state index contributed by atoms with van der Waals surface area (Å²) in [6.07, 6.45) is 0. The van der Waals surface area contributed by atoms with Gasteiger partial charge in [-0.2, -0.15) is 4.37 Å². The second kappa shape index (κ2) is 5.07. The van der Waals surface area contributed by atoms with Gasteiger partial charge in [-0.05, 0) is 24.5 Å². The van der Waals surface area contributed by atoms with Crippen LogP contribution in [-0.4, -0.2) is 24.0 Å². The second-order valence-electron chi connectivity index (χ2n) is 3.18. The maximum absolute atomic E-state index is 11.5. The lowest BCUT2D eigenvalue weighted by Crippen LogP contribution is -2.23. The first-order chi connectivity index (χ1) is 6.63. The number of carbonyl (C=O) groups is 1. The van der Waals surface area contributed by atoms with E-state index in [9.17, 15) is 4.79 Å². The van der Waals surface area contributed by atoms with Gasteiger partial charge in [0.1, 0.15) is 5.00 Å². The molecule has 0 aromatic carbocycles. The summed E-state index contributed by atoms with van der Waals surface area (Å²) >= 11 is 1.29. The Morgan fingerprint density at radius 1 is 1.79 bits per heavy atom. The Morgan fingerprint density at radius 2 is 2.50 bits per heavy atom. The fourth-order valence-corrected chi connectivity index (χ4v) is 1.66. The van der Waals surface area contributed by atoms with Gasteiger partial charge in [0.15, 0.2) is 0 Å². The van der Waals surface area contributed by atoms with Crippen LogP contribution >= 0.6 is 11.5 Å². The van der Waals surface area contributed by atoms with Gasteiger partial charge < -0.3 is 10.1 Å². The second-order valence-corrected chi connectivity index (χ2v) is 3.98. The minimum Gasteiger partial charge on any atom is -0.384 e. The van der Waals surface area contributed by atoms with Gasteiger partial charge in [0.05, 0.1) is 18.2 Å². The number of rotatable bonds is 4. The number of methoxy groups -OCH3 is 1. The van der Waals surface area contributed by atoms with Crippen molar-refractivity contribution in [3.8, 4) is 0 Å². The number of nitrogens with one attached hydrogen (secondary N) is 1. The number of hydrogen-bond donors (Lipinski definition) is 1. The molecule has 1 heterocycles. The molecule has 14 heavy (non-hydrogen) atoms. The monoisotopic (exact) mass is 214 g/mol. The van der Waals surface area contributed by atoms with Crippen LogP contribution in [0, 0.1) is 12.8 Å². The largest absolute Gasteiger partial charge is 0.384 e. The Kier molecular flexibility index (Phi) is 4.03. The van der Waals surface area contributed by atoms with Crippen LogP contribution in [0.15, 0.2) is 6.07 Å². The van der Waals surface area contributed by atoms with Crippen molar-refractivity contribution < 1.29 is 9.53 Å². The van der Waals surface area contributed by atoms with Gasteiger partial charge in [-0.15, -0.1) is 0 Å². The Morgan fingerprint density at radius 3 is 3.00 bits per heavy atom. The van der Waals surface area contributed by atoms with Crippen LogP contribution in [0.1, 0.15) is 12.6 Å². The molecular weight excluding hydrogens is 200 g/mol. The molecule has 0 aliphatic carbocycles. The maximum atomic E-state index is 11.5. The van der Waals surface area contributed by atoms with Gasteiger partial charge in [0.25, 0.3) is 0 Å². The number of amides is 1. The lowest BCUT2D eigenvalue weighted by atomic mass is 10.2. The minimum absolute atomic E-state index is 0.0319. The highest BCUT2D eigenvalue weighted by molar-refractivity contribution is 7.10. The average molecular weight is 214 g/mol. The van der Waals surface area contributed by atoms with Gasteiger partial charge in [0.2, 0.25) is 5.91 Å². The number of anilines is 1. The highest BCUT2D eigenvalue weighted by Gasteiger charge is 2.13. The van der Waals surface area contributed by atoms with E-state index in [1.807, 2.05) is 19.9 Å². The van der Waals surface area contributed by atoms with Gasteiger partial charge >= 0.3 is 0 Å². The van der Waals surface area contributed by atoms with Crippen molar-refractivity contribution in [3.05, 3.63) is 11.8 Å². The van der Waals surface area contributed by atoms with E-state index in [1.54, 1.807) is 7.11 Å². The number of hydrogen-bond acceptors (Lipinski definition) is 4. The van der Waals surface area contributed by atoms with Gasteiger partial charge in [-0.25, -0.2) is 0 Å². The molecule has 0 aliphatic rings. The zero-order valence-electron chi connectivity index (χ0n) is 8.53. The summed E-state index contributed by atoms with van der Waals surface area (Å²) in [6.45, 7) is 4.15. The third-order valence-corrected chi connectivity index (χ3v) is 2.53. The molecule has 5 heteroatoms. The average Bonchev–Trinajstić information content (AvgIpc) is 2.51. The van der Waals surface area contributed by atoms with Crippen molar-refractivity contribution in [1.29, 1.82) is 0 Å². The highest BCUT2D eigenvalue weighted by atomic mass is 32.1. The van der Waals surface area contributed by atoms with Crippen LogP contribution < -0.4 is 5.32 Å². The Balaban J connectivity index is 2.48. The number of ether oxygens (including phenoxy) is 1. The molecule has 78 valence electrons. The van der Waals surface area contributed by atoms with E-state index in [-0.39, 0.29) is 11.8 Å². The number of nitrogens with zero attached hydrogens (tertiary/aromatic N) is 1. The molecule has 1 amide bonds. The molecule has 1 unspecified atom stereocenters. The lowest BCUT2D eigenvalue weighted by molar-refractivity contribution is -0.120. The standard InChI is InChI=1S/C9H14N2O2S/c1-6(5-13-3)9(12)10-8-4-7(2)11-14-8/h4,6H,5H2,1-3H3,(H,10,12). The van der Waals surface area contributed by atoms with Crippen LogP contribution in [0.25, 0.3) is 0 Å². The van der Waals surface area contributed by atoms with Crippen LogP contribution in [0.2, 0.25) is 0 Å². The van der Waals surface area contributed by atoms with E-state index in [2.05, 4.69) is 9.69 Å². The first-order valence-electron chi connectivity index (χ1n) is 4.36. The molecule has 1 N–H and O–H groups in total. The predicted molar refractivity (Wildman–Crippen MR) is 56.5 cm³/mol. The molecule has 0 aliphatic heterocycles. The molecule has 1 atom stereocenters. The van der Waals surface area contributed by atoms with Crippen molar-refractivity contribution in [1.82, 2.24) is 4.37 Å². The highest BCUT2D eigenvalue weighted by Crippen LogP contribution is 2.16. The van der Waals surface area contributed by atoms with Crippen LogP contribution in [0.5, 0.6) is 0 Å². The lowest BCUT2D eigenvalue weighted by Gasteiger charge is -2.08. The van der Waals surface area contributed by atoms with E-state index in [0.29, 0.717) is 6.61 Å². The molecule has 1 aromatic heterocycles. The fourth-order valence-electron chi connectivity index (χ4n) is 0.993. The SMILES string of the molecule is COCC(C)C(=O)Nc1cc(C)ns1. The molecular formula is C9H14N2O2S. The van der Waals surface area contributed by atoms with Crippen molar-refractivity contribution in [3.63, 3.8) is 0 Å². The molecule has 0 saturated heterocycles. The summed E-state index contributed by atoms with van der Waals surface area (Å²) in [6, 6.07) is 1.85. The predicted octanol–water partition coefficient (Wildman–Crippen LogP) is 1.67. The zero-order valence-corrected chi connectivity index (χ0v) is 9.35. The van der Waals surface area contributed by atoms with Crippen molar-refractivity contribution in [2.75, 3.05) is 19.0 Å². The fraction of sp³-hybridized carbons (Fsp3) is 0.556. The van der Waals surface area contributed by atoms with E-state index < -0.39 is 0 Å². The summed E-state index contributed by atoms with van der Waals surface area (Å²) in [5, 5.41) is 3.57. The van der Waals surface area contributed by atoms with E-state index >= 15 is 0 Å². The van der Waals surface area contributed by atoms with Crippen LogP contribution in [0.3, 0.4) is 0 Å². The van der Waals surface area contributed by atoms with E-state index in [0.717, 1.165) is 10.7 Å². The molecule has 0 fully saturated rings. The molecule has 0 saturated carbocycles. The third-order valence-electron chi connectivity index (χ3n) is 1.74.